The number of β-amino-alcohol motifs (C(OH)–C–C–N with tert-alkyl or cyclic N) is 1. The number of aliphatic hydroxyl groups excluding tert-OH is 1. The Kier molecular flexibility index (Phi) is 4.03. The minimum atomic E-state index is -0.483. The Labute approximate surface area is 165 Å². The van der Waals surface area contributed by atoms with E-state index in [0.29, 0.717) is 36.3 Å². The summed E-state index contributed by atoms with van der Waals surface area (Å²) in [6.07, 6.45) is 5.12. The van der Waals surface area contributed by atoms with Crippen LogP contribution in [-0.2, 0) is 6.54 Å². The number of amides is 1. The summed E-state index contributed by atoms with van der Waals surface area (Å²) in [4.78, 5) is 31.6. The van der Waals surface area contributed by atoms with E-state index in [2.05, 4.69) is 4.98 Å². The van der Waals surface area contributed by atoms with Gasteiger partial charge in [0.25, 0.3) is 11.5 Å². The van der Waals surface area contributed by atoms with Crippen molar-refractivity contribution in [3.05, 3.63) is 57.7 Å². The first-order valence-corrected chi connectivity index (χ1v) is 9.74. The first-order valence-electron chi connectivity index (χ1n) is 9.36. The lowest BCUT2D eigenvalue weighted by Crippen LogP contribution is -2.53. The number of aliphatic hydroxyl groups is 1. The Morgan fingerprint density at radius 1 is 1.21 bits per heavy atom. The van der Waals surface area contributed by atoms with E-state index in [4.69, 9.17) is 11.6 Å². The molecular formula is C20H19ClN4O3. The van der Waals surface area contributed by atoms with Gasteiger partial charge in [0.05, 0.1) is 11.8 Å². The molecule has 0 unspecified atom stereocenters. The molecule has 3 aromatic rings. The standard InChI is InChI=1S/C20H19ClN4O3/c21-15-4-2-1-3-14(15)17-11-23-10-16(19(27)24-8-13(26)9-24)22-18(23)20(28)25(17)7-12-5-6-12/h1-4,10-13,26H,5-9H2. The highest BCUT2D eigenvalue weighted by atomic mass is 35.5. The fraction of sp³-hybridized carbons (Fsp3) is 0.350. The monoisotopic (exact) mass is 398 g/mol. The van der Waals surface area contributed by atoms with Gasteiger partial charge in [0.2, 0.25) is 5.65 Å². The van der Waals surface area contributed by atoms with E-state index < -0.39 is 6.10 Å². The van der Waals surface area contributed by atoms with Crippen molar-refractivity contribution in [2.45, 2.75) is 25.5 Å². The maximum atomic E-state index is 13.2. The number of nitrogens with zero attached hydrogens (tertiary/aromatic N) is 4. The van der Waals surface area contributed by atoms with Crippen molar-refractivity contribution in [1.82, 2.24) is 18.9 Å². The number of imidazole rings is 1. The SMILES string of the molecule is O=C(c1cn2cc(-c3ccccc3Cl)n(CC3CC3)c(=O)c2n1)N1CC(O)C1. The van der Waals surface area contributed by atoms with Gasteiger partial charge in [0, 0.05) is 42.6 Å². The van der Waals surface area contributed by atoms with E-state index in [0.717, 1.165) is 18.4 Å². The number of hydrogen-bond acceptors (Lipinski definition) is 4. The molecule has 2 fully saturated rings. The lowest BCUT2D eigenvalue weighted by atomic mass is 10.1. The molecule has 3 heterocycles. The van der Waals surface area contributed by atoms with E-state index in [9.17, 15) is 14.7 Å². The molecule has 8 heteroatoms. The molecule has 1 amide bonds. The summed E-state index contributed by atoms with van der Waals surface area (Å²) < 4.78 is 3.33. The molecule has 0 bridgehead atoms. The molecule has 1 N–H and O–H groups in total. The molecule has 0 spiro atoms. The van der Waals surface area contributed by atoms with Gasteiger partial charge in [-0.25, -0.2) is 4.98 Å². The number of halogens is 1. The summed E-state index contributed by atoms with van der Waals surface area (Å²) in [7, 11) is 0. The molecule has 1 saturated carbocycles. The van der Waals surface area contributed by atoms with Crippen LogP contribution in [0, 0.1) is 5.92 Å². The Morgan fingerprint density at radius 2 is 1.96 bits per heavy atom. The first-order chi connectivity index (χ1) is 13.5. The number of carbonyl (C=O) groups excluding carboxylic acids is 1. The molecule has 1 aromatic carbocycles. The lowest BCUT2D eigenvalue weighted by Gasteiger charge is -2.35. The normalized spacial score (nSPS) is 17.1. The Hall–Kier alpha value is -2.64. The number of likely N-dealkylation sites (tertiary alicyclic amines) is 1. The highest BCUT2D eigenvalue weighted by molar-refractivity contribution is 6.33. The summed E-state index contributed by atoms with van der Waals surface area (Å²) in [5.41, 5.74) is 1.69. The predicted octanol–water partition coefficient (Wildman–Crippen LogP) is 2.04. The second-order valence-electron chi connectivity index (χ2n) is 7.57. The van der Waals surface area contributed by atoms with Gasteiger partial charge in [-0.15, -0.1) is 0 Å². The molecular weight excluding hydrogens is 380 g/mol. The molecule has 1 saturated heterocycles. The van der Waals surface area contributed by atoms with Crippen LogP contribution in [0.3, 0.4) is 0 Å². The maximum Gasteiger partial charge on any atom is 0.294 e. The van der Waals surface area contributed by atoms with Crippen molar-refractivity contribution in [2.24, 2.45) is 5.92 Å². The Bertz CT molecular complexity index is 1140. The van der Waals surface area contributed by atoms with Crippen LogP contribution in [0.4, 0.5) is 0 Å². The van der Waals surface area contributed by atoms with Crippen molar-refractivity contribution in [3.63, 3.8) is 0 Å². The van der Waals surface area contributed by atoms with Crippen molar-refractivity contribution >= 4 is 23.2 Å². The summed E-state index contributed by atoms with van der Waals surface area (Å²) in [6, 6.07) is 7.42. The molecule has 0 atom stereocenters. The second kappa shape index (κ2) is 6.46. The number of benzene rings is 1. The topological polar surface area (TPSA) is 79.8 Å². The van der Waals surface area contributed by atoms with Gasteiger partial charge >= 0.3 is 0 Å². The van der Waals surface area contributed by atoms with Crippen LogP contribution in [0.2, 0.25) is 5.02 Å². The zero-order valence-corrected chi connectivity index (χ0v) is 15.8. The smallest absolute Gasteiger partial charge is 0.294 e. The number of fused-ring (bicyclic) bond motifs is 1. The molecule has 1 aliphatic carbocycles. The third-order valence-corrected chi connectivity index (χ3v) is 5.71. The quantitative estimate of drug-likeness (QED) is 0.729. The highest BCUT2D eigenvalue weighted by Gasteiger charge is 2.31. The summed E-state index contributed by atoms with van der Waals surface area (Å²) >= 11 is 6.40. The third-order valence-electron chi connectivity index (χ3n) is 5.38. The molecule has 5 rings (SSSR count). The van der Waals surface area contributed by atoms with Crippen molar-refractivity contribution in [2.75, 3.05) is 13.1 Å². The van der Waals surface area contributed by atoms with Crippen molar-refractivity contribution in [1.29, 1.82) is 0 Å². The van der Waals surface area contributed by atoms with Crippen molar-refractivity contribution in [3.8, 4) is 11.3 Å². The van der Waals surface area contributed by atoms with Crippen LogP contribution < -0.4 is 5.56 Å². The Balaban J connectivity index is 1.65. The van der Waals surface area contributed by atoms with E-state index in [1.54, 1.807) is 21.2 Å². The van der Waals surface area contributed by atoms with Crippen LogP contribution in [0.5, 0.6) is 0 Å². The third kappa shape index (κ3) is 2.91. The van der Waals surface area contributed by atoms with Gasteiger partial charge in [-0.05, 0) is 24.8 Å². The fourth-order valence-corrected chi connectivity index (χ4v) is 3.82. The number of carbonyl (C=O) groups is 1. The van der Waals surface area contributed by atoms with E-state index in [1.165, 1.54) is 4.90 Å². The van der Waals surface area contributed by atoms with Gasteiger partial charge in [0.15, 0.2) is 0 Å². The van der Waals surface area contributed by atoms with Gasteiger partial charge in [0.1, 0.15) is 5.69 Å². The van der Waals surface area contributed by atoms with Gasteiger partial charge in [-0.1, -0.05) is 29.8 Å². The summed E-state index contributed by atoms with van der Waals surface area (Å²) in [5.74, 6) is 0.210. The molecule has 7 nitrogen and oxygen atoms in total. The highest BCUT2D eigenvalue weighted by Crippen LogP contribution is 2.33. The zero-order valence-electron chi connectivity index (χ0n) is 15.1. The molecule has 28 heavy (non-hydrogen) atoms. The molecule has 2 aliphatic rings. The van der Waals surface area contributed by atoms with Crippen LogP contribution >= 0.6 is 11.6 Å². The van der Waals surface area contributed by atoms with Crippen LogP contribution in [-0.4, -0.2) is 49.1 Å². The average molecular weight is 399 g/mol. The summed E-state index contributed by atoms with van der Waals surface area (Å²) in [5, 5.41) is 9.99. The summed E-state index contributed by atoms with van der Waals surface area (Å²) in [6.45, 7) is 1.21. The maximum absolute atomic E-state index is 13.2. The molecule has 2 aromatic heterocycles. The van der Waals surface area contributed by atoms with Crippen LogP contribution in [0.1, 0.15) is 23.3 Å². The predicted molar refractivity (Wildman–Crippen MR) is 105 cm³/mol. The fourth-order valence-electron chi connectivity index (χ4n) is 3.59. The number of rotatable bonds is 4. The first kappa shape index (κ1) is 17.5. The van der Waals surface area contributed by atoms with Crippen LogP contribution in [0.25, 0.3) is 16.9 Å². The number of aromatic nitrogens is 3. The van der Waals surface area contributed by atoms with Gasteiger partial charge in [-0.3, -0.25) is 14.0 Å². The molecule has 1 aliphatic heterocycles. The van der Waals surface area contributed by atoms with Gasteiger partial charge in [-0.2, -0.15) is 0 Å². The van der Waals surface area contributed by atoms with E-state index >= 15 is 0 Å². The second-order valence-corrected chi connectivity index (χ2v) is 7.98. The average Bonchev–Trinajstić information content (AvgIpc) is 3.37. The van der Waals surface area contributed by atoms with E-state index in [-0.39, 0.29) is 22.8 Å². The number of hydrogen-bond donors (Lipinski definition) is 1. The zero-order chi connectivity index (χ0) is 19.4. The largest absolute Gasteiger partial charge is 0.389 e. The minimum absolute atomic E-state index is 0.207. The van der Waals surface area contributed by atoms with Crippen molar-refractivity contribution < 1.29 is 9.90 Å². The Morgan fingerprint density at radius 3 is 2.64 bits per heavy atom. The van der Waals surface area contributed by atoms with E-state index in [1.807, 2.05) is 24.4 Å². The molecule has 144 valence electrons. The lowest BCUT2D eigenvalue weighted by molar-refractivity contribution is 0.00555. The van der Waals surface area contributed by atoms with Gasteiger partial charge < -0.3 is 14.6 Å². The molecule has 0 radical (unpaired) electrons. The minimum Gasteiger partial charge on any atom is -0.389 e. The van der Waals surface area contributed by atoms with Crippen LogP contribution in [0.15, 0.2) is 41.5 Å².